The number of benzene rings is 1. The Hall–Kier alpha value is -3.69. The standard InChI is InChI=1S/C22H19F3N6O/c23-22(24,25)15-10-16(28-20-17(15)19(26)29-30-20)13-5-3-9-31(11-13)21(32)18-14-6-2-1-4-12(14)7-8-27-18/h1-2,4,6-8,10,13H,3,5,9,11H2,(H3,26,28,29,30). The van der Waals surface area contributed by atoms with Crippen LogP contribution in [0.2, 0.25) is 0 Å². The average molecular weight is 440 g/mol. The molecule has 10 heteroatoms. The lowest BCUT2D eigenvalue weighted by Gasteiger charge is -2.32. The van der Waals surface area contributed by atoms with E-state index in [1.807, 2.05) is 30.3 Å². The first-order valence-corrected chi connectivity index (χ1v) is 10.2. The number of aromatic nitrogens is 4. The van der Waals surface area contributed by atoms with Crippen LogP contribution in [0.4, 0.5) is 19.0 Å². The molecule has 0 aliphatic carbocycles. The number of nitrogens with one attached hydrogen (secondary N) is 1. The van der Waals surface area contributed by atoms with Crippen LogP contribution in [0.1, 0.15) is 40.5 Å². The van der Waals surface area contributed by atoms with Crippen molar-refractivity contribution in [1.82, 2.24) is 25.1 Å². The van der Waals surface area contributed by atoms with Gasteiger partial charge < -0.3 is 10.6 Å². The number of pyridine rings is 2. The number of piperidine rings is 1. The van der Waals surface area contributed by atoms with Crippen molar-refractivity contribution in [2.75, 3.05) is 18.8 Å². The van der Waals surface area contributed by atoms with Gasteiger partial charge in [-0.15, -0.1) is 0 Å². The first kappa shape index (κ1) is 20.2. The van der Waals surface area contributed by atoms with E-state index >= 15 is 0 Å². The molecule has 5 rings (SSSR count). The van der Waals surface area contributed by atoms with Gasteiger partial charge in [-0.3, -0.25) is 14.9 Å². The Morgan fingerprint density at radius 2 is 2.03 bits per heavy atom. The monoisotopic (exact) mass is 440 g/mol. The highest BCUT2D eigenvalue weighted by Crippen LogP contribution is 2.38. The van der Waals surface area contributed by atoms with Gasteiger partial charge in [-0.1, -0.05) is 24.3 Å². The number of nitrogens with two attached hydrogens (primary N) is 1. The maximum atomic E-state index is 13.7. The number of hydrogen-bond donors (Lipinski definition) is 2. The number of fused-ring (bicyclic) bond motifs is 2. The second kappa shape index (κ2) is 7.47. The Morgan fingerprint density at radius 1 is 1.22 bits per heavy atom. The van der Waals surface area contributed by atoms with Gasteiger partial charge in [0.15, 0.2) is 5.65 Å². The second-order valence-corrected chi connectivity index (χ2v) is 7.90. The smallest absolute Gasteiger partial charge is 0.383 e. The van der Waals surface area contributed by atoms with Crippen molar-refractivity contribution < 1.29 is 18.0 Å². The lowest BCUT2D eigenvalue weighted by molar-refractivity contribution is -0.136. The van der Waals surface area contributed by atoms with Gasteiger partial charge >= 0.3 is 6.18 Å². The van der Waals surface area contributed by atoms with E-state index in [-0.39, 0.29) is 40.9 Å². The lowest BCUT2D eigenvalue weighted by atomic mass is 9.92. The summed E-state index contributed by atoms with van der Waals surface area (Å²) < 4.78 is 41.1. The molecule has 1 unspecified atom stereocenters. The number of halogens is 3. The summed E-state index contributed by atoms with van der Waals surface area (Å²) in [5, 5.41) is 7.62. The molecule has 3 aromatic heterocycles. The summed E-state index contributed by atoms with van der Waals surface area (Å²) in [6, 6.07) is 10.3. The van der Waals surface area contributed by atoms with E-state index < -0.39 is 11.7 Å². The molecule has 4 heterocycles. The van der Waals surface area contributed by atoms with Crippen LogP contribution in [0.5, 0.6) is 0 Å². The highest BCUT2D eigenvalue weighted by molar-refractivity contribution is 6.05. The molecule has 0 saturated carbocycles. The van der Waals surface area contributed by atoms with Crippen molar-refractivity contribution in [3.05, 3.63) is 59.5 Å². The predicted molar refractivity (Wildman–Crippen MR) is 113 cm³/mol. The SMILES string of the molecule is Nc1[nH]nc2nc(C3CCCN(C(=O)c4nccc5ccccc45)C3)cc(C(F)(F)F)c12. The number of nitrogens with zero attached hydrogens (tertiary/aromatic N) is 4. The normalized spacial score (nSPS) is 17.2. The molecule has 1 fully saturated rings. The minimum absolute atomic E-state index is 0.0773. The molecule has 1 aliphatic rings. The molecule has 0 spiro atoms. The highest BCUT2D eigenvalue weighted by atomic mass is 19.4. The topological polar surface area (TPSA) is 101 Å². The van der Waals surface area contributed by atoms with Gasteiger partial charge in [0.05, 0.1) is 10.9 Å². The number of alkyl halides is 3. The third-order valence-corrected chi connectivity index (χ3v) is 5.88. The molecule has 4 aromatic rings. The Balaban J connectivity index is 1.49. The fraction of sp³-hybridized carbons (Fsp3) is 0.273. The van der Waals surface area contributed by atoms with Crippen LogP contribution in [0.15, 0.2) is 42.6 Å². The van der Waals surface area contributed by atoms with Gasteiger partial charge in [0.25, 0.3) is 5.91 Å². The third-order valence-electron chi connectivity index (χ3n) is 5.88. The molecular formula is C22H19F3N6O. The van der Waals surface area contributed by atoms with Crippen LogP contribution >= 0.6 is 0 Å². The Morgan fingerprint density at radius 3 is 2.84 bits per heavy atom. The number of amides is 1. The van der Waals surface area contributed by atoms with Crippen LogP contribution in [0.3, 0.4) is 0 Å². The highest BCUT2D eigenvalue weighted by Gasteiger charge is 2.37. The van der Waals surface area contributed by atoms with E-state index in [1.54, 1.807) is 11.1 Å². The van der Waals surface area contributed by atoms with E-state index in [4.69, 9.17) is 5.73 Å². The zero-order chi connectivity index (χ0) is 22.5. The van der Waals surface area contributed by atoms with Crippen molar-refractivity contribution in [1.29, 1.82) is 0 Å². The number of anilines is 1. The van der Waals surface area contributed by atoms with E-state index in [1.165, 1.54) is 0 Å². The van der Waals surface area contributed by atoms with Gasteiger partial charge in [-0.05, 0) is 30.4 Å². The lowest BCUT2D eigenvalue weighted by Crippen LogP contribution is -2.39. The number of H-pyrrole nitrogens is 1. The summed E-state index contributed by atoms with van der Waals surface area (Å²) in [5.41, 5.74) is 5.29. The Bertz CT molecular complexity index is 1330. The number of rotatable bonds is 2. The number of hydrogen-bond acceptors (Lipinski definition) is 5. The predicted octanol–water partition coefficient (Wildman–Crippen LogP) is 4.13. The second-order valence-electron chi connectivity index (χ2n) is 7.90. The molecule has 1 aliphatic heterocycles. The summed E-state index contributed by atoms with van der Waals surface area (Å²) in [6.07, 6.45) is -1.76. The quantitative estimate of drug-likeness (QED) is 0.488. The van der Waals surface area contributed by atoms with Crippen LogP contribution in [-0.2, 0) is 6.18 Å². The molecule has 7 nitrogen and oxygen atoms in total. The van der Waals surface area contributed by atoms with E-state index in [0.29, 0.717) is 25.1 Å². The van der Waals surface area contributed by atoms with Crippen molar-refractivity contribution >= 4 is 33.5 Å². The molecule has 0 radical (unpaired) electrons. The van der Waals surface area contributed by atoms with Gasteiger partial charge in [0.2, 0.25) is 0 Å². The first-order valence-electron chi connectivity index (χ1n) is 10.2. The minimum atomic E-state index is -4.61. The number of aromatic amines is 1. The average Bonchev–Trinajstić information content (AvgIpc) is 3.17. The largest absolute Gasteiger partial charge is 0.417 e. The fourth-order valence-corrected chi connectivity index (χ4v) is 4.34. The summed E-state index contributed by atoms with van der Waals surface area (Å²) in [4.78, 5) is 23.5. The number of carbonyl (C=O) groups is 1. The molecule has 1 aromatic carbocycles. The van der Waals surface area contributed by atoms with Gasteiger partial charge in [0, 0.05) is 36.3 Å². The van der Waals surface area contributed by atoms with Crippen LogP contribution in [0, 0.1) is 0 Å². The zero-order valence-electron chi connectivity index (χ0n) is 16.9. The van der Waals surface area contributed by atoms with E-state index in [2.05, 4.69) is 20.2 Å². The van der Waals surface area contributed by atoms with Gasteiger partial charge in [-0.2, -0.15) is 18.3 Å². The van der Waals surface area contributed by atoms with Crippen LogP contribution in [0.25, 0.3) is 21.8 Å². The van der Waals surface area contributed by atoms with Crippen molar-refractivity contribution in [3.8, 4) is 0 Å². The van der Waals surface area contributed by atoms with Crippen molar-refractivity contribution in [2.24, 2.45) is 0 Å². The molecule has 1 atom stereocenters. The maximum absolute atomic E-state index is 13.7. The van der Waals surface area contributed by atoms with Crippen LogP contribution < -0.4 is 5.73 Å². The van der Waals surface area contributed by atoms with E-state index in [0.717, 1.165) is 16.8 Å². The van der Waals surface area contributed by atoms with Crippen LogP contribution in [-0.4, -0.2) is 44.1 Å². The van der Waals surface area contributed by atoms with E-state index in [9.17, 15) is 18.0 Å². The molecule has 1 amide bonds. The molecular weight excluding hydrogens is 421 g/mol. The molecule has 1 saturated heterocycles. The molecule has 0 bridgehead atoms. The fourth-order valence-electron chi connectivity index (χ4n) is 4.34. The number of nitrogen functional groups attached to an aromatic ring is 1. The molecule has 32 heavy (non-hydrogen) atoms. The van der Waals surface area contributed by atoms with Crippen molar-refractivity contribution in [2.45, 2.75) is 24.9 Å². The number of carbonyl (C=O) groups excluding carboxylic acids is 1. The van der Waals surface area contributed by atoms with Gasteiger partial charge in [0.1, 0.15) is 11.5 Å². The van der Waals surface area contributed by atoms with Crippen molar-refractivity contribution in [3.63, 3.8) is 0 Å². The third kappa shape index (κ3) is 3.41. The summed E-state index contributed by atoms with van der Waals surface area (Å²) in [7, 11) is 0. The zero-order valence-corrected chi connectivity index (χ0v) is 16.9. The van der Waals surface area contributed by atoms with Gasteiger partial charge in [-0.25, -0.2) is 4.98 Å². The summed E-state index contributed by atoms with van der Waals surface area (Å²) in [6.45, 7) is 0.753. The Kier molecular flexibility index (Phi) is 4.72. The minimum Gasteiger partial charge on any atom is -0.383 e. The first-order chi connectivity index (χ1) is 15.3. The molecule has 3 N–H and O–H groups in total. The summed E-state index contributed by atoms with van der Waals surface area (Å²) in [5.74, 6) is -0.771. The maximum Gasteiger partial charge on any atom is 0.417 e. The Labute approximate surface area is 180 Å². The number of likely N-dealkylation sites (tertiary alicyclic amines) is 1. The molecule has 164 valence electrons. The summed E-state index contributed by atoms with van der Waals surface area (Å²) >= 11 is 0.